The quantitative estimate of drug-likeness (QED) is 0.0207. The van der Waals surface area contributed by atoms with Gasteiger partial charge in [0.15, 0.2) is 12.4 Å². The second-order valence-corrected chi connectivity index (χ2v) is 16.5. The predicted octanol–water partition coefficient (Wildman–Crippen LogP) is 8.39. The van der Waals surface area contributed by atoms with E-state index in [9.17, 15) is 37.9 Å². The van der Waals surface area contributed by atoms with E-state index in [0.717, 1.165) is 70.6 Å². The summed E-state index contributed by atoms with van der Waals surface area (Å²) in [6, 6.07) is 0. The molecule has 0 aromatic rings. The highest BCUT2D eigenvalue weighted by atomic mass is 32.2. The van der Waals surface area contributed by atoms with E-state index in [4.69, 9.17) is 18.9 Å². The van der Waals surface area contributed by atoms with E-state index in [2.05, 4.69) is 62.5 Å². The molecule has 1 aliphatic heterocycles. The van der Waals surface area contributed by atoms with Gasteiger partial charge in [0.25, 0.3) is 10.1 Å². The Labute approximate surface area is 343 Å². The van der Waals surface area contributed by atoms with Gasteiger partial charge in [0.1, 0.15) is 36.8 Å². The summed E-state index contributed by atoms with van der Waals surface area (Å²) < 4.78 is 54.0. The van der Waals surface area contributed by atoms with Crippen molar-refractivity contribution in [3.05, 3.63) is 48.6 Å². The van der Waals surface area contributed by atoms with Gasteiger partial charge in [-0.1, -0.05) is 146 Å². The van der Waals surface area contributed by atoms with E-state index < -0.39 is 71.2 Å². The largest absolute Gasteiger partial charge is 0.462 e. The maximum Gasteiger partial charge on any atom is 0.306 e. The number of unbranched alkanes of at least 4 members (excludes halogenated alkanes) is 15. The lowest BCUT2D eigenvalue weighted by atomic mass is 10.00. The molecule has 0 saturated carbocycles. The summed E-state index contributed by atoms with van der Waals surface area (Å²) in [6.45, 7) is 3.61. The van der Waals surface area contributed by atoms with Crippen molar-refractivity contribution >= 4 is 22.1 Å². The first-order chi connectivity index (χ1) is 27.5. The molecular weight excluding hydrogens is 753 g/mol. The Bertz CT molecular complexity index is 1250. The number of hydrogen-bond donors (Lipinski definition) is 4. The average Bonchev–Trinajstić information content (AvgIpc) is 3.17. The van der Waals surface area contributed by atoms with Crippen molar-refractivity contribution in [2.24, 2.45) is 0 Å². The van der Waals surface area contributed by atoms with Crippen LogP contribution in [0.2, 0.25) is 0 Å². The Morgan fingerprint density at radius 2 is 1.11 bits per heavy atom. The normalized spacial score (nSPS) is 21.0. The molecule has 0 spiro atoms. The number of carbonyl (C=O) groups is 2. The zero-order chi connectivity index (χ0) is 42.0. The van der Waals surface area contributed by atoms with Crippen LogP contribution in [0.15, 0.2) is 48.6 Å². The number of allylic oxidation sites excluding steroid dienone is 8. The van der Waals surface area contributed by atoms with E-state index >= 15 is 0 Å². The third kappa shape index (κ3) is 29.5. The van der Waals surface area contributed by atoms with Crippen molar-refractivity contribution in [3.63, 3.8) is 0 Å². The molecular formula is C44H76O12S. The summed E-state index contributed by atoms with van der Waals surface area (Å²) in [5.74, 6) is -2.02. The summed E-state index contributed by atoms with van der Waals surface area (Å²) >= 11 is 0. The van der Waals surface area contributed by atoms with Crippen LogP contribution in [0.25, 0.3) is 0 Å². The van der Waals surface area contributed by atoms with Crippen LogP contribution in [0.5, 0.6) is 0 Å². The van der Waals surface area contributed by atoms with Crippen LogP contribution in [0.1, 0.15) is 162 Å². The van der Waals surface area contributed by atoms with Crippen LogP contribution < -0.4 is 0 Å². The summed E-state index contributed by atoms with van der Waals surface area (Å²) in [6.07, 6.45) is 30.1. The number of rotatable bonds is 35. The van der Waals surface area contributed by atoms with Crippen molar-refractivity contribution < 1.29 is 56.8 Å². The Balaban J connectivity index is 2.49. The summed E-state index contributed by atoms with van der Waals surface area (Å²) in [5, 5.41) is 30.8. The highest BCUT2D eigenvalue weighted by molar-refractivity contribution is 7.85. The topological polar surface area (TPSA) is 186 Å². The molecule has 4 N–H and O–H groups in total. The van der Waals surface area contributed by atoms with Gasteiger partial charge in [-0.2, -0.15) is 8.42 Å². The van der Waals surface area contributed by atoms with Gasteiger partial charge in [-0.3, -0.25) is 14.1 Å². The van der Waals surface area contributed by atoms with E-state index in [1.807, 2.05) is 0 Å². The van der Waals surface area contributed by atoms with Crippen molar-refractivity contribution in [2.75, 3.05) is 19.0 Å². The Morgan fingerprint density at radius 3 is 1.65 bits per heavy atom. The molecule has 0 radical (unpaired) electrons. The molecule has 6 atom stereocenters. The molecule has 0 aliphatic carbocycles. The van der Waals surface area contributed by atoms with E-state index in [1.54, 1.807) is 0 Å². The monoisotopic (exact) mass is 829 g/mol. The number of aliphatic hydroxyl groups is 3. The van der Waals surface area contributed by atoms with Crippen LogP contribution >= 0.6 is 0 Å². The summed E-state index contributed by atoms with van der Waals surface area (Å²) in [5.41, 5.74) is 0. The fourth-order valence-corrected chi connectivity index (χ4v) is 7.00. The number of esters is 2. The lowest BCUT2D eigenvalue weighted by Gasteiger charge is -2.40. The number of carbonyl (C=O) groups excluding carboxylic acids is 2. The number of hydrogen-bond acceptors (Lipinski definition) is 11. The molecule has 1 rings (SSSR count). The molecule has 1 fully saturated rings. The predicted molar refractivity (Wildman–Crippen MR) is 224 cm³/mol. The smallest absolute Gasteiger partial charge is 0.306 e. The second kappa shape index (κ2) is 34.5. The van der Waals surface area contributed by atoms with Crippen LogP contribution in [0, 0.1) is 0 Å². The molecule has 0 aromatic carbocycles. The van der Waals surface area contributed by atoms with Crippen molar-refractivity contribution in [1.82, 2.24) is 0 Å². The van der Waals surface area contributed by atoms with Gasteiger partial charge in [-0.25, -0.2) is 0 Å². The maximum atomic E-state index is 12.8. The minimum Gasteiger partial charge on any atom is -0.462 e. The Kier molecular flexibility index (Phi) is 31.8. The van der Waals surface area contributed by atoms with Crippen LogP contribution in [-0.4, -0.2) is 96.0 Å². The third-order valence-electron chi connectivity index (χ3n) is 9.67. The Hall–Kier alpha value is -2.39. The molecule has 13 heteroatoms. The first kappa shape index (κ1) is 52.6. The highest BCUT2D eigenvalue weighted by Crippen LogP contribution is 2.24. The molecule has 330 valence electrons. The molecule has 57 heavy (non-hydrogen) atoms. The van der Waals surface area contributed by atoms with E-state index in [1.165, 1.54) is 51.4 Å². The fraction of sp³-hybridized carbons (Fsp3) is 0.773. The molecule has 1 saturated heterocycles. The van der Waals surface area contributed by atoms with Gasteiger partial charge in [-0.05, 0) is 51.4 Å². The van der Waals surface area contributed by atoms with Gasteiger partial charge in [0.05, 0.1) is 6.61 Å². The average molecular weight is 829 g/mol. The number of aliphatic hydroxyl groups excluding tert-OH is 3. The first-order valence-corrected chi connectivity index (χ1v) is 23.3. The first-order valence-electron chi connectivity index (χ1n) is 21.7. The summed E-state index contributed by atoms with van der Waals surface area (Å²) in [7, 11) is -4.60. The lowest BCUT2D eigenvalue weighted by Crippen LogP contribution is -2.60. The zero-order valence-electron chi connectivity index (χ0n) is 34.9. The van der Waals surface area contributed by atoms with Crippen molar-refractivity contribution in [3.8, 4) is 0 Å². The standard InChI is InChI=1S/C44H76O12S/c1-3-5-7-9-11-13-15-17-18-19-20-21-23-25-27-29-31-33-40(46)55-37(35-54-44-43(49)42(48)41(47)38(56-44)36-57(50,51)52)34-53-39(45)32-30-28-26-24-22-16-14-12-10-8-6-4-2/h5,7,11,13,17-18,20-21,37-38,41-44,47-49H,3-4,6,8-10,12,14-16,19,22-36H2,1-2H3,(H,50,51,52)/b7-5-,13-11-,18-17-,21-20-. The van der Waals surface area contributed by atoms with Crippen LogP contribution in [-0.2, 0) is 38.7 Å². The zero-order valence-corrected chi connectivity index (χ0v) is 35.7. The maximum absolute atomic E-state index is 12.8. The Morgan fingerprint density at radius 1 is 0.614 bits per heavy atom. The lowest BCUT2D eigenvalue weighted by molar-refractivity contribution is -0.297. The minimum absolute atomic E-state index is 0.136. The van der Waals surface area contributed by atoms with E-state index in [-0.39, 0.29) is 19.4 Å². The van der Waals surface area contributed by atoms with E-state index in [0.29, 0.717) is 12.8 Å². The van der Waals surface area contributed by atoms with Crippen LogP contribution in [0.4, 0.5) is 0 Å². The molecule has 0 bridgehead atoms. The SMILES string of the molecule is CC/C=C\C/C=C\C/C=C\C/C=C\CCCCCCC(=O)OC(COC(=O)CCCCCCCCCCCCCC)COC1OC(CS(=O)(=O)O)C(O)C(O)C1O. The second-order valence-electron chi connectivity index (χ2n) is 15.0. The van der Waals surface area contributed by atoms with Crippen LogP contribution in [0.3, 0.4) is 0 Å². The van der Waals surface area contributed by atoms with Gasteiger partial charge in [0.2, 0.25) is 0 Å². The molecule has 0 aromatic heterocycles. The summed E-state index contributed by atoms with van der Waals surface area (Å²) in [4.78, 5) is 25.3. The molecule has 0 amide bonds. The van der Waals surface area contributed by atoms with Gasteiger partial charge < -0.3 is 34.3 Å². The van der Waals surface area contributed by atoms with Crippen molar-refractivity contribution in [2.45, 2.75) is 198 Å². The minimum atomic E-state index is -4.60. The molecule has 12 nitrogen and oxygen atoms in total. The van der Waals surface area contributed by atoms with Gasteiger partial charge >= 0.3 is 11.9 Å². The number of ether oxygens (including phenoxy) is 4. The van der Waals surface area contributed by atoms with Gasteiger partial charge in [-0.15, -0.1) is 0 Å². The molecule has 1 heterocycles. The molecule has 1 aliphatic rings. The highest BCUT2D eigenvalue weighted by Gasteiger charge is 2.46. The van der Waals surface area contributed by atoms with Gasteiger partial charge in [0, 0.05) is 12.8 Å². The molecule has 6 unspecified atom stereocenters. The fourth-order valence-electron chi connectivity index (χ4n) is 6.31. The third-order valence-corrected chi connectivity index (χ3v) is 10.4. The van der Waals surface area contributed by atoms with Crippen molar-refractivity contribution in [1.29, 1.82) is 0 Å².